The lowest BCUT2D eigenvalue weighted by molar-refractivity contribution is -0.147. The maximum absolute atomic E-state index is 11.1. The molecular weight excluding hydrogens is 170 g/mol. The Labute approximate surface area is 79.4 Å². The van der Waals surface area contributed by atoms with E-state index in [9.17, 15) is 4.79 Å². The summed E-state index contributed by atoms with van der Waals surface area (Å²) in [6, 6.07) is -0.526. The number of nitrogens with two attached hydrogens (primary N) is 1. The van der Waals surface area contributed by atoms with Gasteiger partial charge in [0.2, 0.25) is 0 Å². The number of carbonyl (C=O) groups is 1. The van der Waals surface area contributed by atoms with E-state index >= 15 is 0 Å². The van der Waals surface area contributed by atoms with Gasteiger partial charge in [0.25, 0.3) is 0 Å². The second kappa shape index (κ2) is 6.86. The molecule has 0 aromatic carbocycles. The van der Waals surface area contributed by atoms with Crippen molar-refractivity contribution >= 4 is 5.97 Å². The summed E-state index contributed by atoms with van der Waals surface area (Å²) in [4.78, 5) is 11.1. The smallest absolute Gasteiger partial charge is 0.323 e. The minimum atomic E-state index is -0.526. The summed E-state index contributed by atoms with van der Waals surface area (Å²) in [5, 5.41) is 0. The van der Waals surface area contributed by atoms with Gasteiger partial charge in [-0.25, -0.2) is 0 Å². The van der Waals surface area contributed by atoms with Crippen LogP contribution in [0.1, 0.15) is 20.8 Å². The third-order valence-electron chi connectivity index (χ3n) is 1.67. The number of rotatable bonds is 6. The van der Waals surface area contributed by atoms with Gasteiger partial charge in [-0.15, -0.1) is 0 Å². The zero-order valence-electron chi connectivity index (χ0n) is 8.58. The molecule has 0 fully saturated rings. The first-order chi connectivity index (χ1) is 6.09. The van der Waals surface area contributed by atoms with Crippen LogP contribution in [0.2, 0.25) is 0 Å². The van der Waals surface area contributed by atoms with E-state index in [1.54, 1.807) is 0 Å². The van der Waals surface area contributed by atoms with Gasteiger partial charge in [-0.2, -0.15) is 0 Å². The molecule has 0 saturated heterocycles. The van der Waals surface area contributed by atoms with Gasteiger partial charge < -0.3 is 15.2 Å². The largest absolute Gasteiger partial charge is 0.462 e. The van der Waals surface area contributed by atoms with E-state index < -0.39 is 6.04 Å². The Morgan fingerprint density at radius 2 is 2.00 bits per heavy atom. The first-order valence-corrected chi connectivity index (χ1v) is 4.59. The van der Waals surface area contributed by atoms with Crippen molar-refractivity contribution < 1.29 is 14.3 Å². The summed E-state index contributed by atoms with van der Waals surface area (Å²) in [5.74, 6) is -0.241. The van der Waals surface area contributed by atoms with Crippen LogP contribution in [0.5, 0.6) is 0 Å². The molecule has 2 N–H and O–H groups in total. The minimum absolute atomic E-state index is 0.111. The van der Waals surface area contributed by atoms with Gasteiger partial charge in [-0.1, -0.05) is 13.8 Å². The van der Waals surface area contributed by atoms with Crippen molar-refractivity contribution in [3.8, 4) is 0 Å². The van der Waals surface area contributed by atoms with Gasteiger partial charge >= 0.3 is 5.97 Å². The van der Waals surface area contributed by atoms with Gasteiger partial charge in [0, 0.05) is 6.61 Å². The fourth-order valence-corrected chi connectivity index (χ4v) is 0.714. The van der Waals surface area contributed by atoms with Crippen molar-refractivity contribution in [3.63, 3.8) is 0 Å². The summed E-state index contributed by atoms with van der Waals surface area (Å²) in [6.07, 6.45) is 0. The second-order valence-corrected chi connectivity index (χ2v) is 3.13. The minimum Gasteiger partial charge on any atom is -0.462 e. The Kier molecular flexibility index (Phi) is 6.54. The lowest BCUT2D eigenvalue weighted by Gasteiger charge is -2.14. The third-order valence-corrected chi connectivity index (χ3v) is 1.67. The van der Waals surface area contributed by atoms with Gasteiger partial charge in [0.05, 0.1) is 6.61 Å². The summed E-state index contributed by atoms with van der Waals surface area (Å²) in [6.45, 7) is 7.01. The van der Waals surface area contributed by atoms with Crippen LogP contribution in [-0.4, -0.2) is 31.8 Å². The maximum Gasteiger partial charge on any atom is 0.323 e. The highest BCUT2D eigenvalue weighted by Crippen LogP contribution is 1.99. The molecule has 0 heterocycles. The van der Waals surface area contributed by atoms with Crippen molar-refractivity contribution in [2.45, 2.75) is 26.8 Å². The van der Waals surface area contributed by atoms with Crippen molar-refractivity contribution in [1.82, 2.24) is 0 Å². The Bertz CT molecular complexity index is 148. The van der Waals surface area contributed by atoms with Crippen molar-refractivity contribution in [3.05, 3.63) is 0 Å². The molecular formula is C9H19NO3. The zero-order chi connectivity index (χ0) is 10.3. The average molecular weight is 189 g/mol. The third kappa shape index (κ3) is 5.60. The van der Waals surface area contributed by atoms with Crippen LogP contribution in [0.3, 0.4) is 0 Å². The number of carbonyl (C=O) groups excluding carboxylic acids is 1. The lowest BCUT2D eigenvalue weighted by atomic mass is 10.1. The van der Waals surface area contributed by atoms with E-state index in [0.29, 0.717) is 13.2 Å². The molecule has 0 rings (SSSR count). The van der Waals surface area contributed by atoms with E-state index in [2.05, 4.69) is 0 Å². The Morgan fingerprint density at radius 3 is 2.46 bits per heavy atom. The molecule has 0 amide bonds. The molecule has 0 aliphatic rings. The lowest BCUT2D eigenvalue weighted by Crippen LogP contribution is -2.37. The topological polar surface area (TPSA) is 61.5 Å². The highest BCUT2D eigenvalue weighted by molar-refractivity contribution is 5.75. The fourth-order valence-electron chi connectivity index (χ4n) is 0.714. The molecule has 0 aromatic heterocycles. The Morgan fingerprint density at radius 1 is 1.38 bits per heavy atom. The van der Waals surface area contributed by atoms with Crippen LogP contribution < -0.4 is 5.73 Å². The van der Waals surface area contributed by atoms with Crippen LogP contribution in [0.25, 0.3) is 0 Å². The van der Waals surface area contributed by atoms with E-state index in [1.165, 1.54) is 0 Å². The van der Waals surface area contributed by atoms with E-state index in [4.69, 9.17) is 15.2 Å². The monoisotopic (exact) mass is 189 g/mol. The van der Waals surface area contributed by atoms with Gasteiger partial charge in [0.1, 0.15) is 12.6 Å². The number of hydrogen-bond acceptors (Lipinski definition) is 4. The summed E-state index contributed by atoms with van der Waals surface area (Å²) in [7, 11) is 0. The maximum atomic E-state index is 11.1. The molecule has 0 aliphatic heterocycles. The van der Waals surface area contributed by atoms with Gasteiger partial charge in [-0.05, 0) is 12.8 Å². The van der Waals surface area contributed by atoms with Crippen LogP contribution in [-0.2, 0) is 14.3 Å². The van der Waals surface area contributed by atoms with Crippen LogP contribution in [0, 0.1) is 5.92 Å². The molecule has 13 heavy (non-hydrogen) atoms. The van der Waals surface area contributed by atoms with Crippen molar-refractivity contribution in [2.75, 3.05) is 19.8 Å². The molecule has 4 heteroatoms. The quantitative estimate of drug-likeness (QED) is 0.489. The van der Waals surface area contributed by atoms with Gasteiger partial charge in [-0.3, -0.25) is 4.79 Å². The predicted molar refractivity (Wildman–Crippen MR) is 50.3 cm³/mol. The fraction of sp³-hybridized carbons (Fsp3) is 0.889. The highest BCUT2D eigenvalue weighted by Gasteiger charge is 2.18. The summed E-state index contributed by atoms with van der Waals surface area (Å²) < 4.78 is 9.88. The standard InChI is InChI=1S/C9H19NO3/c1-4-12-5-6-13-9(11)8(10)7(2)3/h7-8H,4-6,10H2,1-3H3/t8-/m0/s1. The molecule has 0 radical (unpaired) electrons. The second-order valence-electron chi connectivity index (χ2n) is 3.13. The highest BCUT2D eigenvalue weighted by atomic mass is 16.6. The van der Waals surface area contributed by atoms with Crippen LogP contribution in [0.4, 0.5) is 0 Å². The van der Waals surface area contributed by atoms with Gasteiger partial charge in [0.15, 0.2) is 0 Å². The molecule has 0 spiro atoms. The number of esters is 1. The molecule has 78 valence electrons. The molecule has 1 atom stereocenters. The first kappa shape index (κ1) is 12.4. The predicted octanol–water partition coefficient (Wildman–Crippen LogP) is 0.549. The van der Waals surface area contributed by atoms with E-state index in [-0.39, 0.29) is 18.5 Å². The molecule has 0 saturated carbocycles. The first-order valence-electron chi connectivity index (χ1n) is 4.59. The van der Waals surface area contributed by atoms with Crippen molar-refractivity contribution in [2.24, 2.45) is 11.7 Å². The SMILES string of the molecule is CCOCCOC(=O)[C@@H](N)C(C)C. The average Bonchev–Trinajstić information content (AvgIpc) is 2.10. The molecule has 0 unspecified atom stereocenters. The number of hydrogen-bond donors (Lipinski definition) is 1. The van der Waals surface area contributed by atoms with Crippen molar-refractivity contribution in [1.29, 1.82) is 0 Å². The van der Waals surface area contributed by atoms with E-state index in [0.717, 1.165) is 0 Å². The molecule has 4 nitrogen and oxygen atoms in total. The Hall–Kier alpha value is -0.610. The zero-order valence-corrected chi connectivity index (χ0v) is 8.58. The molecule has 0 aromatic rings. The normalized spacial score (nSPS) is 13.0. The Balaban J connectivity index is 3.50. The summed E-state index contributed by atoms with van der Waals surface area (Å²) in [5.41, 5.74) is 5.56. The molecule has 0 aliphatic carbocycles. The van der Waals surface area contributed by atoms with E-state index in [1.807, 2.05) is 20.8 Å². The summed E-state index contributed by atoms with van der Waals surface area (Å²) >= 11 is 0. The van der Waals surface area contributed by atoms with Crippen LogP contribution in [0.15, 0.2) is 0 Å². The molecule has 0 bridgehead atoms. The van der Waals surface area contributed by atoms with Crippen LogP contribution >= 0.6 is 0 Å². The number of ether oxygens (including phenoxy) is 2.